The summed E-state index contributed by atoms with van der Waals surface area (Å²) in [6, 6.07) is 65.1. The van der Waals surface area contributed by atoms with Gasteiger partial charge in [-0.25, -0.2) is 0 Å². The van der Waals surface area contributed by atoms with Crippen molar-refractivity contribution < 1.29 is 0 Å². The molecule has 0 amide bonds. The molecule has 0 atom stereocenters. The largest absolute Gasteiger partial charge is 0.376 e. The summed E-state index contributed by atoms with van der Waals surface area (Å²) in [7, 11) is 0. The van der Waals surface area contributed by atoms with Crippen LogP contribution in [0.4, 0.5) is 11.4 Å². The maximum absolute atomic E-state index is 2.62. The summed E-state index contributed by atoms with van der Waals surface area (Å²) in [5.41, 5.74) is 18.6. The van der Waals surface area contributed by atoms with Gasteiger partial charge in [-0.1, -0.05) is 126 Å². The van der Waals surface area contributed by atoms with Crippen molar-refractivity contribution in [2.75, 3.05) is 4.81 Å². The zero-order chi connectivity index (χ0) is 36.8. The fourth-order valence-electron chi connectivity index (χ4n) is 9.68. The van der Waals surface area contributed by atoms with E-state index in [1.165, 1.54) is 93.7 Å². The first-order valence-electron chi connectivity index (χ1n) is 19.2. The van der Waals surface area contributed by atoms with E-state index >= 15 is 0 Å². The minimum absolute atomic E-state index is 0.0614. The van der Waals surface area contributed by atoms with Crippen molar-refractivity contribution in [2.45, 2.75) is 20.8 Å². The molecule has 1 aliphatic rings. The lowest BCUT2D eigenvalue weighted by Gasteiger charge is -2.40. The van der Waals surface area contributed by atoms with Gasteiger partial charge in [0, 0.05) is 49.9 Å². The molecule has 0 saturated carbocycles. The van der Waals surface area contributed by atoms with Gasteiger partial charge < -0.3 is 13.9 Å². The fourth-order valence-corrected chi connectivity index (χ4v) is 9.68. The first-order valence-corrected chi connectivity index (χ1v) is 19.2. The van der Waals surface area contributed by atoms with Crippen LogP contribution < -0.4 is 15.7 Å². The molecule has 0 saturated heterocycles. The van der Waals surface area contributed by atoms with Crippen molar-refractivity contribution in [1.29, 1.82) is 0 Å². The molecule has 55 heavy (non-hydrogen) atoms. The van der Waals surface area contributed by atoms with Crippen LogP contribution in [-0.2, 0) is 0 Å². The van der Waals surface area contributed by atoms with E-state index in [2.05, 4.69) is 211 Å². The average molecular weight is 704 g/mol. The van der Waals surface area contributed by atoms with Gasteiger partial charge >= 0.3 is 6.85 Å². The molecule has 260 valence electrons. The van der Waals surface area contributed by atoms with Crippen LogP contribution in [0, 0.1) is 20.8 Å². The van der Waals surface area contributed by atoms with Crippen LogP contribution in [0.15, 0.2) is 176 Å². The van der Waals surface area contributed by atoms with Gasteiger partial charge in [-0.3, -0.25) is 0 Å². The van der Waals surface area contributed by atoms with Crippen molar-refractivity contribution in [3.8, 4) is 22.5 Å². The van der Waals surface area contributed by atoms with Gasteiger partial charge in [0.2, 0.25) is 0 Å². The summed E-state index contributed by atoms with van der Waals surface area (Å²) in [6.07, 6.45) is 0. The Labute approximate surface area is 321 Å². The number of para-hydroxylation sites is 5. The molecule has 3 heterocycles. The fraction of sp³-hybridized carbons (Fsp3) is 0.0588. The Morgan fingerprint density at radius 1 is 0.382 bits per heavy atom. The molecule has 0 unspecified atom stereocenters. The second-order valence-corrected chi connectivity index (χ2v) is 15.1. The van der Waals surface area contributed by atoms with Crippen LogP contribution >= 0.6 is 0 Å². The number of hydrogen-bond acceptors (Lipinski definition) is 1. The van der Waals surface area contributed by atoms with Crippen molar-refractivity contribution in [3.63, 3.8) is 0 Å². The van der Waals surface area contributed by atoms with Gasteiger partial charge in [0.1, 0.15) is 0 Å². The summed E-state index contributed by atoms with van der Waals surface area (Å²) < 4.78 is 4.89. The van der Waals surface area contributed by atoms with E-state index in [4.69, 9.17) is 0 Å². The van der Waals surface area contributed by atoms with Crippen LogP contribution in [-0.4, -0.2) is 16.0 Å². The molecule has 10 aromatic rings. The molecule has 0 radical (unpaired) electrons. The van der Waals surface area contributed by atoms with E-state index in [-0.39, 0.29) is 6.85 Å². The predicted molar refractivity (Wildman–Crippen MR) is 235 cm³/mol. The van der Waals surface area contributed by atoms with Crippen molar-refractivity contribution in [1.82, 2.24) is 9.13 Å². The number of aryl methyl sites for hydroxylation is 3. The molecular weight excluding hydrogens is 665 g/mol. The van der Waals surface area contributed by atoms with Crippen LogP contribution in [0.2, 0.25) is 0 Å². The lowest BCUT2D eigenvalue weighted by atomic mass is 9.44. The molecule has 8 aromatic carbocycles. The number of nitrogens with zero attached hydrogens (tertiary/aromatic N) is 3. The van der Waals surface area contributed by atoms with E-state index in [1.807, 2.05) is 0 Å². The topological polar surface area (TPSA) is 13.1 Å². The third kappa shape index (κ3) is 4.71. The minimum Gasteiger partial charge on any atom is -0.376 e. The van der Waals surface area contributed by atoms with E-state index in [1.54, 1.807) is 0 Å². The van der Waals surface area contributed by atoms with E-state index < -0.39 is 0 Å². The van der Waals surface area contributed by atoms with Gasteiger partial charge in [-0.2, -0.15) is 0 Å². The number of aromatic nitrogens is 2. The van der Waals surface area contributed by atoms with Gasteiger partial charge in [-0.05, 0) is 104 Å². The number of fused-ring (bicyclic) bond motifs is 9. The number of rotatable bonds is 4. The van der Waals surface area contributed by atoms with E-state index in [9.17, 15) is 0 Å². The lowest BCUT2D eigenvalue weighted by Crippen LogP contribution is -2.59. The highest BCUT2D eigenvalue weighted by atomic mass is 15.1. The Bertz CT molecular complexity index is 3100. The predicted octanol–water partition coefficient (Wildman–Crippen LogP) is 11.7. The standard InChI is InChI=1S/C51H38BN3/c1-33-27-34(2)51(35(3)28-33)52-45-29-42-39-23-13-15-25-46(39)53(36-17-7-4-8-18-36)48(42)30-41(45)44-31-49-43(32-50(44)55(52)38-21-11-6-12-22-38)40-24-14-16-26-47(40)54(49)37-19-9-5-10-20-37/h4-32H,1-3H3. The zero-order valence-corrected chi connectivity index (χ0v) is 31.2. The average Bonchev–Trinajstić information content (AvgIpc) is 3.72. The maximum atomic E-state index is 2.62. The molecule has 0 N–H and O–H groups in total. The summed E-state index contributed by atoms with van der Waals surface area (Å²) in [6.45, 7) is 6.74. The summed E-state index contributed by atoms with van der Waals surface area (Å²) in [5.74, 6) is 0. The van der Waals surface area contributed by atoms with Gasteiger partial charge in [-0.15, -0.1) is 0 Å². The SMILES string of the molecule is Cc1cc(C)c(B2c3cc4c5ccccc5n(-c5ccccc5)c4cc3-c3cc4c(cc3N2c2ccccc2)c2ccccc2n4-c2ccccc2)c(C)c1. The first-order chi connectivity index (χ1) is 27.0. The van der Waals surface area contributed by atoms with Gasteiger partial charge in [0.15, 0.2) is 0 Å². The normalized spacial score (nSPS) is 12.6. The first kappa shape index (κ1) is 31.7. The van der Waals surface area contributed by atoms with Gasteiger partial charge in [0.25, 0.3) is 0 Å². The Morgan fingerprint density at radius 2 is 0.836 bits per heavy atom. The zero-order valence-electron chi connectivity index (χ0n) is 31.2. The summed E-state index contributed by atoms with van der Waals surface area (Å²) >= 11 is 0. The molecule has 1 aliphatic heterocycles. The molecule has 0 aliphatic carbocycles. The molecule has 4 heteroatoms. The minimum atomic E-state index is -0.0614. The third-order valence-corrected chi connectivity index (χ3v) is 11.8. The smallest absolute Gasteiger partial charge is 0.329 e. The second-order valence-electron chi connectivity index (χ2n) is 15.1. The van der Waals surface area contributed by atoms with E-state index in [0.29, 0.717) is 0 Å². The van der Waals surface area contributed by atoms with Crippen molar-refractivity contribution in [3.05, 3.63) is 193 Å². The summed E-state index contributed by atoms with van der Waals surface area (Å²) in [5, 5.41) is 5.03. The quantitative estimate of drug-likeness (QED) is 0.166. The van der Waals surface area contributed by atoms with E-state index in [0.717, 1.165) is 11.4 Å². The van der Waals surface area contributed by atoms with Crippen LogP contribution in [0.1, 0.15) is 16.7 Å². The highest BCUT2D eigenvalue weighted by Crippen LogP contribution is 2.46. The molecule has 0 spiro atoms. The highest BCUT2D eigenvalue weighted by molar-refractivity contribution is 6.91. The molecule has 0 fully saturated rings. The Morgan fingerprint density at radius 3 is 1.38 bits per heavy atom. The number of benzene rings is 8. The molecular formula is C51H38BN3. The maximum Gasteiger partial charge on any atom is 0.329 e. The van der Waals surface area contributed by atoms with Crippen LogP contribution in [0.3, 0.4) is 0 Å². The van der Waals surface area contributed by atoms with Crippen LogP contribution in [0.25, 0.3) is 66.1 Å². The number of hydrogen-bond donors (Lipinski definition) is 0. The lowest BCUT2D eigenvalue weighted by molar-refractivity contribution is 1.18. The van der Waals surface area contributed by atoms with Crippen LogP contribution in [0.5, 0.6) is 0 Å². The Kier molecular flexibility index (Phi) is 6.99. The van der Waals surface area contributed by atoms with Crippen molar-refractivity contribution >= 4 is 72.8 Å². The third-order valence-electron chi connectivity index (χ3n) is 11.8. The van der Waals surface area contributed by atoms with Gasteiger partial charge in [0.05, 0.1) is 22.1 Å². The highest BCUT2D eigenvalue weighted by Gasteiger charge is 2.40. The monoisotopic (exact) mass is 703 g/mol. The van der Waals surface area contributed by atoms with Crippen molar-refractivity contribution in [2.24, 2.45) is 0 Å². The molecule has 3 nitrogen and oxygen atoms in total. The Balaban J connectivity index is 1.33. The molecule has 2 aromatic heterocycles. The Hall–Kier alpha value is -6.78. The summed E-state index contributed by atoms with van der Waals surface area (Å²) in [4.78, 5) is 2.62. The number of anilines is 2. The second kappa shape index (κ2) is 12.1. The molecule has 0 bridgehead atoms. The molecule has 11 rings (SSSR count).